The van der Waals surface area contributed by atoms with Crippen molar-refractivity contribution >= 4 is 49.4 Å². The molecule has 1 fully saturated rings. The number of carbonyl (C=O) groups excluding carboxylic acids is 2. The number of piperazine rings is 1. The van der Waals surface area contributed by atoms with Crippen molar-refractivity contribution < 1.29 is 18.0 Å². The van der Waals surface area contributed by atoms with Gasteiger partial charge < -0.3 is 10.2 Å². The largest absolute Gasteiger partial charge is 0.351 e. The average molecular weight is 557 g/mol. The summed E-state index contributed by atoms with van der Waals surface area (Å²) in [6.45, 7) is 5.85. The smallest absolute Gasteiger partial charge is 0.243 e. The molecule has 0 radical (unpaired) electrons. The van der Waals surface area contributed by atoms with E-state index in [-0.39, 0.29) is 42.9 Å². The van der Waals surface area contributed by atoms with Crippen LogP contribution in [0.4, 0.5) is 0 Å². The molecule has 1 aliphatic rings. The summed E-state index contributed by atoms with van der Waals surface area (Å²) in [5, 5.41) is 3.26. The molecule has 2 aromatic rings. The Bertz CT molecular complexity index is 1140. The van der Waals surface area contributed by atoms with Gasteiger partial charge >= 0.3 is 0 Å². The Kier molecular flexibility index (Phi) is 8.21. The van der Waals surface area contributed by atoms with Crippen molar-refractivity contribution in [2.75, 3.05) is 19.6 Å². The number of carbonyl (C=O) groups is 2. The first-order valence-electron chi connectivity index (χ1n) is 10.6. The van der Waals surface area contributed by atoms with Crippen molar-refractivity contribution in [3.05, 3.63) is 63.1 Å². The molecule has 33 heavy (non-hydrogen) atoms. The molecular formula is C23H27BrClN3O4S. The van der Waals surface area contributed by atoms with Gasteiger partial charge in [0.2, 0.25) is 21.8 Å². The fraction of sp³-hybridized carbons (Fsp3) is 0.391. The summed E-state index contributed by atoms with van der Waals surface area (Å²) in [6, 6.07) is 11.0. The summed E-state index contributed by atoms with van der Waals surface area (Å²) < 4.78 is 28.9. The molecule has 0 unspecified atom stereocenters. The van der Waals surface area contributed by atoms with Crippen LogP contribution in [-0.4, -0.2) is 55.1 Å². The summed E-state index contributed by atoms with van der Waals surface area (Å²) in [4.78, 5) is 26.7. The first kappa shape index (κ1) is 25.7. The zero-order valence-corrected chi connectivity index (χ0v) is 21.9. The van der Waals surface area contributed by atoms with Crippen molar-refractivity contribution in [1.82, 2.24) is 14.5 Å². The second-order valence-corrected chi connectivity index (χ2v) is 11.5. The molecule has 0 spiro atoms. The molecule has 0 saturated carbocycles. The molecule has 7 nitrogen and oxygen atoms in total. The quantitative estimate of drug-likeness (QED) is 0.587. The van der Waals surface area contributed by atoms with Crippen LogP contribution < -0.4 is 5.32 Å². The molecule has 0 aromatic heterocycles. The number of sulfonamides is 1. The van der Waals surface area contributed by atoms with Crippen molar-refractivity contribution in [3.63, 3.8) is 0 Å². The van der Waals surface area contributed by atoms with Crippen LogP contribution in [-0.2, 0) is 26.2 Å². The summed E-state index contributed by atoms with van der Waals surface area (Å²) in [6.07, 6.45) is 0. The van der Waals surface area contributed by atoms with Gasteiger partial charge in [-0.1, -0.05) is 59.6 Å². The number of hydrogen-bond acceptors (Lipinski definition) is 4. The summed E-state index contributed by atoms with van der Waals surface area (Å²) in [5.41, 5.74) is 1.72. The topological polar surface area (TPSA) is 86.8 Å². The second kappa shape index (κ2) is 10.5. The van der Waals surface area contributed by atoms with Crippen LogP contribution in [0.1, 0.15) is 37.8 Å². The fourth-order valence-corrected chi connectivity index (χ4v) is 5.99. The Morgan fingerprint density at radius 1 is 1.15 bits per heavy atom. The Hall–Kier alpha value is -1.94. The summed E-state index contributed by atoms with van der Waals surface area (Å²) >= 11 is 9.58. The molecule has 10 heteroatoms. The van der Waals surface area contributed by atoms with E-state index in [4.69, 9.17) is 11.6 Å². The van der Waals surface area contributed by atoms with E-state index in [1.807, 2.05) is 19.9 Å². The first-order chi connectivity index (χ1) is 15.5. The van der Waals surface area contributed by atoms with Gasteiger partial charge in [0.25, 0.3) is 0 Å². The minimum Gasteiger partial charge on any atom is -0.351 e. The zero-order valence-electron chi connectivity index (χ0n) is 18.7. The average Bonchev–Trinajstić information content (AvgIpc) is 2.77. The molecule has 2 aromatic carbocycles. The van der Waals surface area contributed by atoms with Gasteiger partial charge in [0.1, 0.15) is 6.04 Å². The molecule has 1 N–H and O–H groups in total. The van der Waals surface area contributed by atoms with Gasteiger partial charge in [0.05, 0.1) is 4.90 Å². The third-order valence-electron chi connectivity index (χ3n) is 5.70. The van der Waals surface area contributed by atoms with Gasteiger partial charge in [-0.05, 0) is 41.3 Å². The van der Waals surface area contributed by atoms with E-state index in [1.54, 1.807) is 36.4 Å². The summed E-state index contributed by atoms with van der Waals surface area (Å²) in [5.74, 6) is -0.422. The Morgan fingerprint density at radius 2 is 1.82 bits per heavy atom. The van der Waals surface area contributed by atoms with Crippen LogP contribution in [0.2, 0.25) is 5.02 Å². The number of benzene rings is 2. The van der Waals surface area contributed by atoms with Crippen molar-refractivity contribution in [2.24, 2.45) is 0 Å². The lowest BCUT2D eigenvalue weighted by molar-refractivity contribution is -0.134. The molecule has 1 saturated heterocycles. The SMILES string of the molecule is CC(=O)N1CCN(S(=O)(=O)c2ccc(C(C)C)cc2)[C@@H](C(=O)NCc2ccc(Br)cc2Cl)C1. The number of halogens is 2. The highest BCUT2D eigenvalue weighted by atomic mass is 79.9. The van der Waals surface area contributed by atoms with E-state index < -0.39 is 22.0 Å². The third-order valence-corrected chi connectivity index (χ3v) is 8.47. The lowest BCUT2D eigenvalue weighted by Crippen LogP contribution is -2.61. The molecule has 2 amide bonds. The number of nitrogens with zero attached hydrogens (tertiary/aromatic N) is 2. The van der Waals surface area contributed by atoms with Crippen LogP contribution in [0.25, 0.3) is 0 Å². The van der Waals surface area contributed by atoms with Gasteiger partial charge in [-0.15, -0.1) is 0 Å². The van der Waals surface area contributed by atoms with E-state index in [2.05, 4.69) is 21.2 Å². The van der Waals surface area contributed by atoms with Crippen LogP contribution in [0.3, 0.4) is 0 Å². The molecule has 1 aliphatic heterocycles. The van der Waals surface area contributed by atoms with E-state index in [9.17, 15) is 18.0 Å². The van der Waals surface area contributed by atoms with Gasteiger partial charge in [-0.2, -0.15) is 4.31 Å². The molecule has 1 heterocycles. The predicted molar refractivity (Wildman–Crippen MR) is 131 cm³/mol. The maximum Gasteiger partial charge on any atom is 0.243 e. The van der Waals surface area contributed by atoms with E-state index in [0.717, 1.165) is 10.0 Å². The number of amides is 2. The standard InChI is InChI=1S/C23H27BrClN3O4S/c1-15(2)17-5-8-20(9-6-17)33(31,32)28-11-10-27(16(3)29)14-22(28)23(30)26-13-18-4-7-19(24)12-21(18)25/h4-9,12,15,22H,10-11,13-14H2,1-3H3,(H,26,30)/t22-/m1/s1. The lowest BCUT2D eigenvalue weighted by atomic mass is 10.0. The maximum absolute atomic E-state index is 13.4. The lowest BCUT2D eigenvalue weighted by Gasteiger charge is -2.39. The summed E-state index contributed by atoms with van der Waals surface area (Å²) in [7, 11) is -3.94. The number of rotatable bonds is 6. The van der Waals surface area contributed by atoms with E-state index in [1.165, 1.54) is 16.1 Å². The van der Waals surface area contributed by atoms with Crippen molar-refractivity contribution in [3.8, 4) is 0 Å². The number of nitrogens with one attached hydrogen (secondary N) is 1. The molecular weight excluding hydrogens is 530 g/mol. The molecule has 3 rings (SSSR count). The molecule has 0 bridgehead atoms. The predicted octanol–water partition coefficient (Wildman–Crippen LogP) is 3.76. The molecule has 0 aliphatic carbocycles. The first-order valence-corrected chi connectivity index (χ1v) is 13.2. The van der Waals surface area contributed by atoms with Crippen LogP contribution >= 0.6 is 27.5 Å². The highest BCUT2D eigenvalue weighted by molar-refractivity contribution is 9.10. The highest BCUT2D eigenvalue weighted by Crippen LogP contribution is 2.25. The highest BCUT2D eigenvalue weighted by Gasteiger charge is 2.40. The zero-order chi connectivity index (χ0) is 24.3. The van der Waals surface area contributed by atoms with Crippen molar-refractivity contribution in [2.45, 2.75) is 44.2 Å². The molecule has 178 valence electrons. The minimum atomic E-state index is -3.94. The fourth-order valence-electron chi connectivity index (χ4n) is 3.68. The maximum atomic E-state index is 13.4. The van der Waals surface area contributed by atoms with Crippen molar-refractivity contribution in [1.29, 1.82) is 0 Å². The Labute approximate surface area is 208 Å². The second-order valence-electron chi connectivity index (χ2n) is 8.27. The third kappa shape index (κ3) is 5.95. The van der Waals surface area contributed by atoms with Crippen LogP contribution in [0.5, 0.6) is 0 Å². The Morgan fingerprint density at radius 3 is 2.39 bits per heavy atom. The number of hydrogen-bond donors (Lipinski definition) is 1. The van der Waals surface area contributed by atoms with E-state index in [0.29, 0.717) is 10.6 Å². The normalized spacial score (nSPS) is 17.3. The van der Waals surface area contributed by atoms with Gasteiger partial charge in [0, 0.05) is 42.6 Å². The monoisotopic (exact) mass is 555 g/mol. The van der Waals surface area contributed by atoms with Gasteiger partial charge in [-0.25, -0.2) is 8.42 Å². The van der Waals surface area contributed by atoms with E-state index >= 15 is 0 Å². The minimum absolute atomic E-state index is 0.0153. The Balaban J connectivity index is 1.85. The van der Waals surface area contributed by atoms with Crippen LogP contribution in [0, 0.1) is 0 Å². The van der Waals surface area contributed by atoms with Gasteiger partial charge in [-0.3, -0.25) is 9.59 Å². The molecule has 1 atom stereocenters. The van der Waals surface area contributed by atoms with Crippen LogP contribution in [0.15, 0.2) is 51.8 Å². The van der Waals surface area contributed by atoms with Gasteiger partial charge in [0.15, 0.2) is 0 Å².